The first-order valence-electron chi connectivity index (χ1n) is 23.2. The van der Waals surface area contributed by atoms with Crippen LogP contribution in [0.3, 0.4) is 0 Å². The van der Waals surface area contributed by atoms with Crippen molar-refractivity contribution in [3.63, 3.8) is 0 Å². The van der Waals surface area contributed by atoms with Gasteiger partial charge < -0.3 is 50.6 Å². The number of hydrogen-bond acceptors (Lipinski definition) is 19. The van der Waals surface area contributed by atoms with Gasteiger partial charge in [0.2, 0.25) is 11.8 Å². The number of rotatable bonds is 12. The second-order valence-electron chi connectivity index (χ2n) is 19.0. The van der Waals surface area contributed by atoms with Gasteiger partial charge in [0.1, 0.15) is 59.3 Å². The van der Waals surface area contributed by atoms with Crippen molar-refractivity contribution in [3.8, 4) is 11.8 Å². The minimum atomic E-state index is -0.750. The van der Waals surface area contributed by atoms with Crippen LogP contribution in [0.2, 0.25) is 0 Å². The molecule has 2 aromatic carbocycles. The van der Waals surface area contributed by atoms with Gasteiger partial charge in [-0.05, 0) is 128 Å². The number of ether oxygens (including phenoxy) is 4. The van der Waals surface area contributed by atoms with E-state index < -0.39 is 29.0 Å². The molecule has 5 aliphatic rings. The van der Waals surface area contributed by atoms with Crippen LogP contribution >= 0.6 is 0 Å². The highest BCUT2D eigenvalue weighted by Crippen LogP contribution is 2.43. The fourth-order valence-electron chi connectivity index (χ4n) is 8.73. The molecule has 1 saturated carbocycles. The van der Waals surface area contributed by atoms with E-state index in [4.69, 9.17) is 41.9 Å². The highest BCUT2D eigenvalue weighted by molar-refractivity contribution is 7.51. The summed E-state index contributed by atoms with van der Waals surface area (Å²) in [6, 6.07) is 11.0. The third kappa shape index (κ3) is 16.2. The summed E-state index contributed by atoms with van der Waals surface area (Å²) >= 11 is -1.50. The Morgan fingerprint density at radius 1 is 0.750 bits per heavy atom. The zero-order valence-electron chi connectivity index (χ0n) is 40.8. The van der Waals surface area contributed by atoms with E-state index in [1.165, 1.54) is 37.6 Å². The number of aromatic nitrogens is 4. The molecule has 9 rings (SSSR count). The van der Waals surface area contributed by atoms with Crippen molar-refractivity contribution in [2.75, 3.05) is 10.6 Å². The number of halogens is 2. The summed E-state index contributed by atoms with van der Waals surface area (Å²) in [5.74, 6) is 0.557. The van der Waals surface area contributed by atoms with Gasteiger partial charge in [0, 0.05) is 49.4 Å². The predicted octanol–water partition coefficient (Wildman–Crippen LogP) is 7.67. The first-order valence-corrected chi connectivity index (χ1v) is 24.5. The van der Waals surface area contributed by atoms with Crippen molar-refractivity contribution in [1.82, 2.24) is 30.2 Å². The number of anilines is 4. The van der Waals surface area contributed by atoms with E-state index in [1.54, 1.807) is 18.2 Å². The van der Waals surface area contributed by atoms with Crippen LogP contribution in [0.25, 0.3) is 0 Å². The molecule has 4 aliphatic heterocycles. The Bertz CT molecular complexity index is 2580. The number of amides is 1. The average molecular weight is 1040 g/mol. The third-order valence-electron chi connectivity index (χ3n) is 12.3. The normalized spacial score (nSPS) is 21.5. The molecular weight excluding hydrogens is 979 g/mol. The first kappa shape index (κ1) is 56.3. The van der Waals surface area contributed by atoms with Gasteiger partial charge in [-0.1, -0.05) is 12.1 Å². The van der Waals surface area contributed by atoms with Crippen molar-refractivity contribution >= 4 is 71.1 Å². The molecule has 0 spiro atoms. The molecule has 4 bridgehead atoms. The van der Waals surface area contributed by atoms with Gasteiger partial charge >= 0.3 is 29.2 Å². The lowest BCUT2D eigenvalue weighted by Crippen LogP contribution is -2.50. The maximum Gasteiger partial charge on any atom is 0.410 e. The summed E-state index contributed by atoms with van der Waals surface area (Å²) in [5.41, 5.74) is 2.41. The van der Waals surface area contributed by atoms with Crippen molar-refractivity contribution < 1.29 is 54.2 Å². The summed E-state index contributed by atoms with van der Waals surface area (Å²) in [6.07, 6.45) is 14.0. The molecule has 4 saturated heterocycles. The van der Waals surface area contributed by atoms with Gasteiger partial charge in [-0.2, -0.15) is 16.8 Å². The zero-order chi connectivity index (χ0) is 52.6. The van der Waals surface area contributed by atoms with Crippen LogP contribution in [0.1, 0.15) is 114 Å². The van der Waals surface area contributed by atoms with E-state index in [2.05, 4.69) is 40.6 Å². The number of nitrogens with one attached hydrogen (secondary N) is 5. The van der Waals surface area contributed by atoms with Crippen LogP contribution in [0, 0.1) is 36.3 Å². The van der Waals surface area contributed by atoms with E-state index in [9.17, 15) is 18.4 Å². The second kappa shape index (κ2) is 26.2. The monoisotopic (exact) mass is 1040 g/mol. The number of benzene rings is 2. The lowest BCUT2D eigenvalue weighted by molar-refractivity contribution is -0.138. The van der Waals surface area contributed by atoms with Crippen molar-refractivity contribution in [1.29, 1.82) is 10.8 Å². The van der Waals surface area contributed by atoms with E-state index in [0.29, 0.717) is 65.7 Å². The number of carbonyl (C=O) groups is 2. The van der Waals surface area contributed by atoms with Crippen LogP contribution in [0.15, 0.2) is 49.1 Å². The second-order valence-corrected chi connectivity index (χ2v) is 19.3. The summed E-state index contributed by atoms with van der Waals surface area (Å²) in [4.78, 5) is 41.0. The lowest BCUT2D eigenvalue weighted by Gasteiger charge is -2.38. The highest BCUT2D eigenvalue weighted by atomic mass is 32.1. The number of carbonyl (C=O) groups excluding carboxylic acids is 2. The Balaban J connectivity index is 0.000000219. The average Bonchev–Trinajstić information content (AvgIpc) is 3.84. The SMILES string of the molecule is CC(C)(C)OC=O.Cc1ccc(Nc2ncnc(OC3CC4CCC(C3)N4)c2C=N)c(F)c1.Cc1ccc(Nc2ncnc(OC3CC4CCC(C3)N4C(=O)OC3(C)CC3)c2C=N)c(F)c1.O=S=O.O=S=O. The van der Waals surface area contributed by atoms with Gasteiger partial charge in [-0.25, -0.2) is 33.5 Å². The van der Waals surface area contributed by atoms with Crippen LogP contribution in [-0.4, -0.2) is 114 Å². The maximum atomic E-state index is 14.3. The predicted molar refractivity (Wildman–Crippen MR) is 263 cm³/mol. The molecule has 4 atom stereocenters. The van der Waals surface area contributed by atoms with Gasteiger partial charge in [0.15, 0.2) is 0 Å². The highest BCUT2D eigenvalue weighted by Gasteiger charge is 2.49. The molecule has 0 radical (unpaired) electrons. The smallest absolute Gasteiger partial charge is 0.410 e. The molecule has 5 N–H and O–H groups in total. The third-order valence-corrected chi connectivity index (χ3v) is 12.3. The Morgan fingerprint density at radius 2 is 1.18 bits per heavy atom. The molecule has 72 heavy (non-hydrogen) atoms. The molecule has 4 unspecified atom stereocenters. The first-order chi connectivity index (χ1) is 34.4. The molecule has 24 heteroatoms. The molecule has 2 aromatic heterocycles. The Kier molecular flexibility index (Phi) is 20.4. The number of fused-ring (bicyclic) bond motifs is 4. The quantitative estimate of drug-likeness (QED) is 0.0672. The molecule has 1 aliphatic carbocycles. The van der Waals surface area contributed by atoms with Crippen LogP contribution < -0.4 is 25.4 Å². The zero-order valence-corrected chi connectivity index (χ0v) is 42.4. The van der Waals surface area contributed by atoms with Gasteiger partial charge in [-0.3, -0.25) is 4.79 Å². The van der Waals surface area contributed by atoms with Crippen molar-refractivity contribution in [3.05, 3.63) is 82.9 Å². The number of hydrogen-bond donors (Lipinski definition) is 5. The lowest BCUT2D eigenvalue weighted by atomic mass is 10.0. The van der Waals surface area contributed by atoms with Crippen LogP contribution in [0.4, 0.5) is 36.6 Å². The number of nitrogens with zero attached hydrogens (tertiary/aromatic N) is 5. The summed E-state index contributed by atoms with van der Waals surface area (Å²) < 4.78 is 84.2. The van der Waals surface area contributed by atoms with Gasteiger partial charge in [-0.15, -0.1) is 0 Å². The van der Waals surface area contributed by atoms with E-state index in [-0.39, 0.29) is 59.0 Å². The Labute approximate surface area is 423 Å². The standard InChI is InChI=1S/C24H28FN5O3.C19H22FN5O.C5H10O2.2O2S/c1-14-3-6-20(19(25)9-14)29-21-18(12-26)22(28-13-27-21)32-17-10-15-4-5-16(11-17)30(15)23(31)33-24(2)7-8-24;1-11-2-5-17(16(20)6-11)25-18-15(9-21)19(23-10-22-18)26-14-7-12-3-4-13(8-14)24-12;1-5(2,3)7-4-6;2*1-3-2/h3,6,9,12-13,15-17,26H,4-5,7-8,10-11H2,1-2H3,(H,27,28,29);2,5-6,9-10,12-14,21,24H,3-4,7-8H2,1H3,(H,22,23,25);4H,1-3H3;;. The largest absolute Gasteiger partial charge is 0.474 e. The molecule has 388 valence electrons. The van der Waals surface area contributed by atoms with Crippen LogP contribution in [-0.2, 0) is 37.4 Å². The molecule has 4 aromatic rings. The fourth-order valence-corrected chi connectivity index (χ4v) is 8.73. The number of piperidine rings is 2. The number of aryl methyl sites for hydroxylation is 2. The molecule has 5 fully saturated rings. The van der Waals surface area contributed by atoms with E-state index in [1.807, 2.05) is 52.5 Å². The van der Waals surface area contributed by atoms with Crippen LogP contribution in [0.5, 0.6) is 11.8 Å². The minimum absolute atomic E-state index is 0.0753. The molecular formula is C48H60F2N10O10S2. The molecule has 6 heterocycles. The summed E-state index contributed by atoms with van der Waals surface area (Å²) in [7, 11) is 0. The van der Waals surface area contributed by atoms with Gasteiger partial charge in [0.25, 0.3) is 6.47 Å². The Morgan fingerprint density at radius 3 is 1.54 bits per heavy atom. The summed E-state index contributed by atoms with van der Waals surface area (Å²) in [5, 5.41) is 25.1. The van der Waals surface area contributed by atoms with E-state index in [0.717, 1.165) is 62.1 Å². The fraction of sp³-hybridized carbons (Fsp3) is 0.500. The van der Waals surface area contributed by atoms with E-state index >= 15 is 0 Å². The summed E-state index contributed by atoms with van der Waals surface area (Å²) in [6.45, 7) is 11.5. The van der Waals surface area contributed by atoms with Crippen molar-refractivity contribution in [2.45, 2.75) is 153 Å². The maximum absolute atomic E-state index is 14.3. The minimum Gasteiger partial charge on any atom is -0.474 e. The van der Waals surface area contributed by atoms with Crippen molar-refractivity contribution in [2.24, 2.45) is 0 Å². The molecule has 1 amide bonds. The van der Waals surface area contributed by atoms with Gasteiger partial charge in [0.05, 0.1) is 22.5 Å². The molecule has 20 nitrogen and oxygen atoms in total. The topological polar surface area (TPSA) is 278 Å². The Hall–Kier alpha value is -6.66.